The van der Waals surface area contributed by atoms with E-state index in [0.717, 1.165) is 5.57 Å². The predicted molar refractivity (Wildman–Crippen MR) is 76.0 cm³/mol. The summed E-state index contributed by atoms with van der Waals surface area (Å²) in [6.07, 6.45) is 0. The van der Waals surface area contributed by atoms with Crippen LogP contribution in [0.25, 0.3) is 0 Å². The van der Waals surface area contributed by atoms with Crippen LogP contribution in [-0.2, 0) is 4.79 Å². The molecule has 0 unspecified atom stereocenters. The molecule has 6 heteroatoms. The van der Waals surface area contributed by atoms with Crippen molar-refractivity contribution in [2.24, 2.45) is 0 Å². The van der Waals surface area contributed by atoms with Gasteiger partial charge in [0, 0.05) is 19.3 Å². The Morgan fingerprint density at radius 1 is 1.35 bits per heavy atom. The van der Waals surface area contributed by atoms with Crippen molar-refractivity contribution in [3.8, 4) is 5.75 Å². The van der Waals surface area contributed by atoms with Gasteiger partial charge in [0.1, 0.15) is 5.75 Å². The van der Waals surface area contributed by atoms with Gasteiger partial charge in [-0.3, -0.25) is 0 Å². The first-order chi connectivity index (χ1) is 9.38. The van der Waals surface area contributed by atoms with Crippen molar-refractivity contribution in [1.29, 1.82) is 0 Å². The number of urea groups is 1. The Bertz CT molecular complexity index is 496. The molecule has 0 aliphatic carbocycles. The topological polar surface area (TPSA) is 78.9 Å². The lowest BCUT2D eigenvalue weighted by molar-refractivity contribution is -0.139. The van der Waals surface area contributed by atoms with Crippen molar-refractivity contribution in [3.63, 3.8) is 0 Å². The molecule has 0 aliphatic rings. The summed E-state index contributed by atoms with van der Waals surface area (Å²) < 4.78 is 4.99. The summed E-state index contributed by atoms with van der Waals surface area (Å²) in [7, 11) is 1.67. The maximum atomic E-state index is 11.8. The van der Waals surface area contributed by atoms with Gasteiger partial charge in [-0.2, -0.15) is 0 Å². The molecule has 0 saturated carbocycles. The summed E-state index contributed by atoms with van der Waals surface area (Å²) in [4.78, 5) is 23.7. The maximum Gasteiger partial charge on any atom is 0.341 e. The molecule has 0 saturated heterocycles. The molecule has 0 heterocycles. The molecule has 6 nitrogen and oxygen atoms in total. The molecule has 2 N–H and O–H groups in total. The number of likely N-dealkylation sites (N-methyl/N-ethyl adjacent to an activating group) is 1. The Morgan fingerprint density at radius 3 is 2.45 bits per heavy atom. The van der Waals surface area contributed by atoms with E-state index in [4.69, 9.17) is 9.84 Å². The average molecular weight is 278 g/mol. The third-order valence-corrected chi connectivity index (χ3v) is 2.32. The number of hydrogen-bond acceptors (Lipinski definition) is 3. The Morgan fingerprint density at radius 2 is 1.95 bits per heavy atom. The number of carbonyl (C=O) groups is 2. The molecule has 0 atom stereocenters. The number of hydrogen-bond donors (Lipinski definition) is 2. The standard InChI is InChI=1S/C14H18N2O4/c1-10(2)8-16(3)14(19)15-11-4-6-12(7-5-11)20-9-13(17)18/h4-7H,1,8-9H2,2-3H3,(H,15,19)(H,17,18). The SMILES string of the molecule is C=C(C)CN(C)C(=O)Nc1ccc(OCC(=O)O)cc1. The number of rotatable bonds is 6. The maximum absolute atomic E-state index is 11.8. The fourth-order valence-corrected chi connectivity index (χ4v) is 1.48. The van der Waals surface area contributed by atoms with E-state index >= 15 is 0 Å². The number of nitrogens with zero attached hydrogens (tertiary/aromatic N) is 1. The molecule has 1 aromatic rings. The number of carboxylic acids is 1. The van der Waals surface area contributed by atoms with Crippen molar-refractivity contribution < 1.29 is 19.4 Å². The van der Waals surface area contributed by atoms with Gasteiger partial charge in [0.2, 0.25) is 0 Å². The molecule has 1 rings (SSSR count). The number of benzene rings is 1. The minimum Gasteiger partial charge on any atom is -0.482 e. The van der Waals surface area contributed by atoms with Crippen LogP contribution in [0.1, 0.15) is 6.92 Å². The van der Waals surface area contributed by atoms with Crippen LogP contribution in [0.2, 0.25) is 0 Å². The minimum atomic E-state index is -1.04. The monoisotopic (exact) mass is 278 g/mol. The number of ether oxygens (including phenoxy) is 1. The highest BCUT2D eigenvalue weighted by molar-refractivity contribution is 5.89. The van der Waals surface area contributed by atoms with Gasteiger partial charge < -0.3 is 20.1 Å². The number of carbonyl (C=O) groups excluding carboxylic acids is 1. The molecule has 2 amide bonds. The molecule has 108 valence electrons. The first-order valence-electron chi connectivity index (χ1n) is 5.99. The van der Waals surface area contributed by atoms with Gasteiger partial charge in [-0.05, 0) is 31.2 Å². The number of aliphatic carboxylic acids is 1. The number of anilines is 1. The lowest BCUT2D eigenvalue weighted by atomic mass is 10.3. The van der Waals surface area contributed by atoms with E-state index in [9.17, 15) is 9.59 Å². The molecule has 0 bridgehead atoms. The van der Waals surface area contributed by atoms with Crippen LogP contribution in [0.3, 0.4) is 0 Å². The van der Waals surface area contributed by atoms with Crippen molar-refractivity contribution in [3.05, 3.63) is 36.4 Å². The van der Waals surface area contributed by atoms with Gasteiger partial charge in [-0.15, -0.1) is 0 Å². The van der Waals surface area contributed by atoms with Gasteiger partial charge in [-0.25, -0.2) is 9.59 Å². The Kier molecular flexibility index (Phi) is 5.58. The highest BCUT2D eigenvalue weighted by atomic mass is 16.5. The molecule has 0 spiro atoms. The van der Waals surface area contributed by atoms with Crippen LogP contribution in [-0.4, -0.2) is 42.2 Å². The zero-order chi connectivity index (χ0) is 15.1. The largest absolute Gasteiger partial charge is 0.482 e. The van der Waals surface area contributed by atoms with Crippen molar-refractivity contribution in [2.75, 3.05) is 25.5 Å². The normalized spacial score (nSPS) is 9.70. The van der Waals surface area contributed by atoms with Gasteiger partial charge >= 0.3 is 12.0 Å². The van der Waals surface area contributed by atoms with Gasteiger partial charge in [-0.1, -0.05) is 12.2 Å². The highest BCUT2D eigenvalue weighted by Gasteiger charge is 2.08. The summed E-state index contributed by atoms with van der Waals surface area (Å²) in [5.74, 6) is -0.607. The van der Waals surface area contributed by atoms with Gasteiger partial charge in [0.25, 0.3) is 0 Å². The van der Waals surface area contributed by atoms with E-state index < -0.39 is 12.6 Å². The van der Waals surface area contributed by atoms with Crippen molar-refractivity contribution >= 4 is 17.7 Å². The second-order valence-corrected chi connectivity index (χ2v) is 4.45. The van der Waals surface area contributed by atoms with Crippen LogP contribution in [0.5, 0.6) is 5.75 Å². The van der Waals surface area contributed by atoms with E-state index in [1.165, 1.54) is 4.90 Å². The fraction of sp³-hybridized carbons (Fsp3) is 0.286. The summed E-state index contributed by atoms with van der Waals surface area (Å²) in [6.45, 7) is 5.67. The Balaban J connectivity index is 2.54. The van der Waals surface area contributed by atoms with Crippen molar-refractivity contribution in [2.45, 2.75) is 6.92 Å². The summed E-state index contributed by atoms with van der Waals surface area (Å²) in [5, 5.41) is 11.2. The second-order valence-electron chi connectivity index (χ2n) is 4.45. The molecule has 20 heavy (non-hydrogen) atoms. The van der Waals surface area contributed by atoms with E-state index in [0.29, 0.717) is 18.0 Å². The molecular weight excluding hydrogens is 260 g/mol. The average Bonchev–Trinajstić information content (AvgIpc) is 2.37. The number of amides is 2. The zero-order valence-electron chi connectivity index (χ0n) is 11.5. The Labute approximate surface area is 117 Å². The second kappa shape index (κ2) is 7.18. The zero-order valence-corrected chi connectivity index (χ0v) is 11.5. The van der Waals surface area contributed by atoms with Crippen LogP contribution in [0, 0.1) is 0 Å². The van der Waals surface area contributed by atoms with E-state index in [1.807, 2.05) is 6.92 Å². The van der Waals surface area contributed by atoms with E-state index in [-0.39, 0.29) is 6.03 Å². The van der Waals surface area contributed by atoms with Gasteiger partial charge in [0.15, 0.2) is 6.61 Å². The summed E-state index contributed by atoms with van der Waals surface area (Å²) in [5.41, 5.74) is 1.49. The number of carboxylic acid groups (broad SMARTS) is 1. The predicted octanol–water partition coefficient (Wildman–Crippen LogP) is 2.19. The quantitative estimate of drug-likeness (QED) is 0.782. The van der Waals surface area contributed by atoms with Crippen LogP contribution >= 0.6 is 0 Å². The minimum absolute atomic E-state index is 0.243. The molecule has 0 aromatic heterocycles. The van der Waals surface area contributed by atoms with E-state index in [2.05, 4.69) is 11.9 Å². The molecule has 0 aliphatic heterocycles. The van der Waals surface area contributed by atoms with Gasteiger partial charge in [0.05, 0.1) is 0 Å². The molecular formula is C14H18N2O4. The summed E-state index contributed by atoms with van der Waals surface area (Å²) in [6, 6.07) is 6.23. The van der Waals surface area contributed by atoms with Crippen LogP contribution in [0.4, 0.5) is 10.5 Å². The molecule has 0 fully saturated rings. The smallest absolute Gasteiger partial charge is 0.341 e. The lowest BCUT2D eigenvalue weighted by Crippen LogP contribution is -2.32. The highest BCUT2D eigenvalue weighted by Crippen LogP contribution is 2.16. The molecule has 1 aromatic carbocycles. The van der Waals surface area contributed by atoms with E-state index in [1.54, 1.807) is 31.3 Å². The van der Waals surface area contributed by atoms with Crippen LogP contribution in [0.15, 0.2) is 36.4 Å². The first kappa shape index (κ1) is 15.6. The first-order valence-corrected chi connectivity index (χ1v) is 5.99. The third kappa shape index (κ3) is 5.43. The Hall–Kier alpha value is -2.50. The van der Waals surface area contributed by atoms with Crippen molar-refractivity contribution in [1.82, 2.24) is 4.90 Å². The molecule has 0 radical (unpaired) electrons. The lowest BCUT2D eigenvalue weighted by Gasteiger charge is -2.18. The third-order valence-electron chi connectivity index (χ3n) is 2.32. The van der Waals surface area contributed by atoms with Crippen LogP contribution < -0.4 is 10.1 Å². The fourth-order valence-electron chi connectivity index (χ4n) is 1.48. The number of nitrogens with one attached hydrogen (secondary N) is 1. The summed E-state index contributed by atoms with van der Waals surface area (Å²) >= 11 is 0.